The van der Waals surface area contributed by atoms with Gasteiger partial charge >= 0.3 is 0 Å². The van der Waals surface area contributed by atoms with Crippen LogP contribution in [-0.4, -0.2) is 19.7 Å². The second-order valence-corrected chi connectivity index (χ2v) is 4.12. The summed E-state index contributed by atoms with van der Waals surface area (Å²) in [6.45, 7) is 1.01. The molecule has 2 heterocycles. The lowest BCUT2D eigenvalue weighted by molar-refractivity contribution is 0.631. The Morgan fingerprint density at radius 1 is 1.44 bits per heavy atom. The molecule has 1 fully saturated rings. The maximum absolute atomic E-state index is 4.07. The van der Waals surface area contributed by atoms with Crippen LogP contribution < -0.4 is 5.32 Å². The number of hydrogen-bond donors (Lipinski definition) is 1. The number of anilines is 2. The monoisotopic (exact) mass is 215 g/mol. The topological polar surface area (TPSA) is 55.6 Å². The van der Waals surface area contributed by atoms with E-state index in [-0.39, 0.29) is 0 Å². The Hall–Kier alpha value is -1.91. The highest BCUT2D eigenvalue weighted by Crippen LogP contribution is 2.31. The van der Waals surface area contributed by atoms with E-state index >= 15 is 0 Å². The molecule has 2 aromatic rings. The minimum absolute atomic E-state index is 0.792. The highest BCUT2D eigenvalue weighted by Gasteiger charge is 2.22. The first-order valence-electron chi connectivity index (χ1n) is 5.46. The van der Waals surface area contributed by atoms with Gasteiger partial charge in [-0.3, -0.25) is 9.55 Å². The number of rotatable bonds is 4. The molecule has 0 amide bonds. The summed E-state index contributed by atoms with van der Waals surface area (Å²) >= 11 is 0. The van der Waals surface area contributed by atoms with E-state index in [9.17, 15) is 0 Å². The van der Waals surface area contributed by atoms with Crippen LogP contribution >= 0.6 is 0 Å². The lowest BCUT2D eigenvalue weighted by Gasteiger charge is -2.07. The van der Waals surface area contributed by atoms with E-state index in [1.54, 1.807) is 18.7 Å². The molecule has 3 rings (SSSR count). The molecule has 0 unspecified atom stereocenters. The van der Waals surface area contributed by atoms with Gasteiger partial charge in [-0.25, -0.2) is 0 Å². The van der Waals surface area contributed by atoms with E-state index in [1.807, 2.05) is 12.1 Å². The molecular weight excluding hydrogens is 202 g/mol. The third-order valence-corrected chi connectivity index (χ3v) is 2.69. The van der Waals surface area contributed by atoms with Crippen molar-refractivity contribution in [3.8, 4) is 0 Å². The Balaban J connectivity index is 1.76. The van der Waals surface area contributed by atoms with Crippen molar-refractivity contribution in [1.29, 1.82) is 0 Å². The van der Waals surface area contributed by atoms with Crippen LogP contribution in [-0.2, 0) is 6.54 Å². The third-order valence-electron chi connectivity index (χ3n) is 2.69. The van der Waals surface area contributed by atoms with Crippen molar-refractivity contribution in [3.63, 3.8) is 0 Å². The van der Waals surface area contributed by atoms with Gasteiger partial charge in [-0.2, -0.15) is 0 Å². The summed E-state index contributed by atoms with van der Waals surface area (Å²) in [5.74, 6) is 1.60. The quantitative estimate of drug-likeness (QED) is 0.845. The molecule has 16 heavy (non-hydrogen) atoms. The van der Waals surface area contributed by atoms with E-state index < -0.39 is 0 Å². The molecule has 0 radical (unpaired) electrons. The van der Waals surface area contributed by atoms with Crippen molar-refractivity contribution >= 4 is 11.6 Å². The summed E-state index contributed by atoms with van der Waals surface area (Å²) in [5, 5.41) is 11.2. The Labute approximate surface area is 93.5 Å². The zero-order valence-corrected chi connectivity index (χ0v) is 8.87. The molecule has 0 aromatic carbocycles. The van der Waals surface area contributed by atoms with Crippen LogP contribution in [0.5, 0.6) is 0 Å². The highest BCUT2D eigenvalue weighted by atomic mass is 15.3. The minimum atomic E-state index is 0.792. The Bertz CT molecular complexity index is 460. The van der Waals surface area contributed by atoms with Gasteiger partial charge in [-0.05, 0) is 30.9 Å². The zero-order chi connectivity index (χ0) is 10.8. The lowest BCUT2D eigenvalue weighted by Crippen LogP contribution is -2.04. The fourth-order valence-corrected chi connectivity index (χ4v) is 1.63. The van der Waals surface area contributed by atoms with Gasteiger partial charge < -0.3 is 5.32 Å². The molecule has 0 bridgehead atoms. The van der Waals surface area contributed by atoms with E-state index in [1.165, 1.54) is 12.8 Å². The van der Waals surface area contributed by atoms with Crippen molar-refractivity contribution in [2.45, 2.75) is 19.4 Å². The molecule has 1 aliphatic carbocycles. The first kappa shape index (κ1) is 9.33. The highest BCUT2D eigenvalue weighted by molar-refractivity contribution is 5.50. The number of pyridine rings is 1. The summed E-state index contributed by atoms with van der Waals surface area (Å²) in [5.41, 5.74) is 0.938. The van der Waals surface area contributed by atoms with Gasteiger partial charge in [0, 0.05) is 12.7 Å². The molecule has 5 nitrogen and oxygen atoms in total. The maximum Gasteiger partial charge on any atom is 0.228 e. The van der Waals surface area contributed by atoms with E-state index in [0.717, 1.165) is 24.1 Å². The van der Waals surface area contributed by atoms with Crippen LogP contribution in [0.1, 0.15) is 12.8 Å². The van der Waals surface area contributed by atoms with Crippen molar-refractivity contribution in [3.05, 3.63) is 30.9 Å². The van der Waals surface area contributed by atoms with E-state index in [0.29, 0.717) is 0 Å². The standard InChI is InChI=1S/C11H13N5/c1-2-10(6-12-5-1)14-11-15-13-8-16(11)7-9-3-4-9/h1-2,5-6,8-9H,3-4,7H2,(H,14,15). The van der Waals surface area contributed by atoms with Crippen molar-refractivity contribution in [2.24, 2.45) is 5.92 Å². The van der Waals surface area contributed by atoms with Crippen LogP contribution in [0.15, 0.2) is 30.9 Å². The fourth-order valence-electron chi connectivity index (χ4n) is 1.63. The molecule has 0 aliphatic heterocycles. The summed E-state index contributed by atoms with van der Waals surface area (Å²) in [6, 6.07) is 3.85. The summed E-state index contributed by atoms with van der Waals surface area (Å²) in [7, 11) is 0. The van der Waals surface area contributed by atoms with Gasteiger partial charge in [-0.1, -0.05) is 0 Å². The molecular formula is C11H13N5. The van der Waals surface area contributed by atoms with Crippen LogP contribution in [0.4, 0.5) is 11.6 Å². The third kappa shape index (κ3) is 2.03. The summed E-state index contributed by atoms with van der Waals surface area (Å²) in [4.78, 5) is 4.05. The molecule has 82 valence electrons. The van der Waals surface area contributed by atoms with Crippen molar-refractivity contribution in [2.75, 3.05) is 5.32 Å². The number of hydrogen-bond acceptors (Lipinski definition) is 4. The zero-order valence-electron chi connectivity index (χ0n) is 8.87. The predicted molar refractivity (Wildman–Crippen MR) is 60.3 cm³/mol. The normalized spacial score (nSPS) is 15.0. The molecule has 1 aliphatic rings. The average Bonchev–Trinajstić information content (AvgIpc) is 3.02. The summed E-state index contributed by atoms with van der Waals surface area (Å²) in [6.07, 6.45) is 7.95. The van der Waals surface area contributed by atoms with Crippen LogP contribution in [0, 0.1) is 5.92 Å². The molecule has 1 saturated carbocycles. The van der Waals surface area contributed by atoms with Gasteiger partial charge in [-0.15, -0.1) is 10.2 Å². The molecule has 2 aromatic heterocycles. The molecule has 0 spiro atoms. The smallest absolute Gasteiger partial charge is 0.228 e. The maximum atomic E-state index is 4.07. The summed E-state index contributed by atoms with van der Waals surface area (Å²) < 4.78 is 2.06. The predicted octanol–water partition coefficient (Wildman–Crippen LogP) is 1.83. The number of nitrogens with zero attached hydrogens (tertiary/aromatic N) is 4. The largest absolute Gasteiger partial charge is 0.323 e. The minimum Gasteiger partial charge on any atom is -0.323 e. The van der Waals surface area contributed by atoms with Gasteiger partial charge in [0.25, 0.3) is 0 Å². The van der Waals surface area contributed by atoms with Gasteiger partial charge in [0.1, 0.15) is 6.33 Å². The molecule has 1 N–H and O–H groups in total. The van der Waals surface area contributed by atoms with Crippen molar-refractivity contribution in [1.82, 2.24) is 19.7 Å². The van der Waals surface area contributed by atoms with E-state index in [2.05, 4.69) is 25.1 Å². The molecule has 5 heteroatoms. The van der Waals surface area contributed by atoms with E-state index in [4.69, 9.17) is 0 Å². The van der Waals surface area contributed by atoms with Gasteiger partial charge in [0.2, 0.25) is 5.95 Å². The van der Waals surface area contributed by atoms with Crippen LogP contribution in [0.3, 0.4) is 0 Å². The Morgan fingerprint density at radius 2 is 2.38 bits per heavy atom. The first-order chi connectivity index (χ1) is 7.92. The fraction of sp³-hybridized carbons (Fsp3) is 0.364. The van der Waals surface area contributed by atoms with Crippen molar-refractivity contribution < 1.29 is 0 Å². The first-order valence-corrected chi connectivity index (χ1v) is 5.46. The Morgan fingerprint density at radius 3 is 3.12 bits per heavy atom. The second-order valence-electron chi connectivity index (χ2n) is 4.12. The number of aromatic nitrogens is 4. The molecule has 0 saturated heterocycles. The second kappa shape index (κ2) is 3.92. The van der Waals surface area contributed by atoms with Crippen LogP contribution in [0.25, 0.3) is 0 Å². The average molecular weight is 215 g/mol. The lowest BCUT2D eigenvalue weighted by atomic mass is 10.4. The number of nitrogens with one attached hydrogen (secondary N) is 1. The molecule has 0 atom stereocenters. The van der Waals surface area contributed by atoms with Gasteiger partial charge in [0.15, 0.2) is 0 Å². The van der Waals surface area contributed by atoms with Crippen LogP contribution in [0.2, 0.25) is 0 Å². The van der Waals surface area contributed by atoms with Gasteiger partial charge in [0.05, 0.1) is 11.9 Å². The Kier molecular flexibility index (Phi) is 2.29. The SMILES string of the molecule is c1cncc(Nc2nncn2CC2CC2)c1.